The Morgan fingerprint density at radius 1 is 1.27 bits per heavy atom. The van der Waals surface area contributed by atoms with Gasteiger partial charge in [0.05, 0.1) is 6.04 Å². The molecule has 1 aromatic heterocycles. The Bertz CT molecular complexity index is 765. The van der Waals surface area contributed by atoms with Crippen molar-refractivity contribution >= 4 is 17.7 Å². The highest BCUT2D eigenvalue weighted by atomic mass is 19.1. The van der Waals surface area contributed by atoms with Crippen LogP contribution in [0.4, 0.5) is 16.2 Å². The Hall–Kier alpha value is -2.70. The number of amides is 1. The summed E-state index contributed by atoms with van der Waals surface area (Å²) in [5.74, 6) is 1.02. The Kier molecular flexibility index (Phi) is 5.35. The molecule has 1 saturated heterocycles. The lowest BCUT2D eigenvalue weighted by atomic mass is 10.0. The third kappa shape index (κ3) is 4.09. The molecule has 3 rings (SSSR count). The highest BCUT2D eigenvalue weighted by Gasteiger charge is 2.32. The maximum atomic E-state index is 13.2. The minimum Gasteiger partial charge on any atom is -0.384 e. The van der Waals surface area contributed by atoms with Crippen molar-refractivity contribution in [1.29, 1.82) is 0 Å². The number of hydrogen-bond acceptors (Lipinski definition) is 5. The van der Waals surface area contributed by atoms with Crippen molar-refractivity contribution in [3.8, 4) is 0 Å². The van der Waals surface area contributed by atoms with Crippen LogP contribution in [0.5, 0.6) is 0 Å². The number of aromatic nitrogens is 2. The average molecular weight is 357 g/mol. The van der Waals surface area contributed by atoms with Gasteiger partial charge in [-0.3, -0.25) is 4.79 Å². The summed E-state index contributed by atoms with van der Waals surface area (Å²) in [6.45, 7) is 5.84. The average Bonchev–Trinajstić information content (AvgIpc) is 2.77. The molecule has 2 N–H and O–H groups in total. The van der Waals surface area contributed by atoms with E-state index >= 15 is 0 Å². The molecule has 0 radical (unpaired) electrons. The van der Waals surface area contributed by atoms with E-state index in [1.54, 1.807) is 24.4 Å². The van der Waals surface area contributed by atoms with E-state index in [1.165, 1.54) is 12.1 Å². The SMILES string of the molecule is CC(C)[C@@H]1CN(c2nccc(N)n2)CCC(=O)N1Cc1ccc(F)cc1. The first-order chi connectivity index (χ1) is 12.4. The van der Waals surface area contributed by atoms with Crippen molar-refractivity contribution in [2.24, 2.45) is 5.92 Å². The Morgan fingerprint density at radius 3 is 2.65 bits per heavy atom. The van der Waals surface area contributed by atoms with Crippen molar-refractivity contribution in [2.45, 2.75) is 32.9 Å². The molecule has 2 aromatic rings. The van der Waals surface area contributed by atoms with E-state index in [1.807, 2.05) is 9.80 Å². The molecule has 1 fully saturated rings. The number of rotatable bonds is 4. The fourth-order valence-corrected chi connectivity index (χ4v) is 3.23. The first-order valence-electron chi connectivity index (χ1n) is 8.81. The first kappa shape index (κ1) is 18.1. The third-order valence-electron chi connectivity index (χ3n) is 4.71. The Labute approximate surface area is 152 Å². The minimum absolute atomic E-state index is 0.0000775. The number of anilines is 2. The van der Waals surface area contributed by atoms with Gasteiger partial charge < -0.3 is 15.5 Å². The van der Waals surface area contributed by atoms with Crippen LogP contribution in [0, 0.1) is 11.7 Å². The van der Waals surface area contributed by atoms with E-state index in [9.17, 15) is 9.18 Å². The van der Waals surface area contributed by atoms with Crippen LogP contribution in [0.2, 0.25) is 0 Å². The van der Waals surface area contributed by atoms with Crippen LogP contribution in [0.15, 0.2) is 36.5 Å². The number of nitrogens with two attached hydrogens (primary N) is 1. The standard InChI is InChI=1S/C19H24FN5O/c1-13(2)16-12-24(19-22-9-7-17(21)23-19)10-8-18(26)25(16)11-14-3-5-15(20)6-4-14/h3-7,9,13,16H,8,10-12H2,1-2H3,(H2,21,22,23)/t16-/m0/s1. The van der Waals surface area contributed by atoms with E-state index < -0.39 is 0 Å². The molecule has 0 unspecified atom stereocenters. The monoisotopic (exact) mass is 357 g/mol. The molecule has 0 aliphatic carbocycles. The zero-order chi connectivity index (χ0) is 18.7. The van der Waals surface area contributed by atoms with Gasteiger partial charge in [0.1, 0.15) is 11.6 Å². The van der Waals surface area contributed by atoms with Gasteiger partial charge in [-0.1, -0.05) is 26.0 Å². The third-order valence-corrected chi connectivity index (χ3v) is 4.71. The fourth-order valence-electron chi connectivity index (χ4n) is 3.23. The molecular formula is C19H24FN5O. The van der Waals surface area contributed by atoms with Crippen LogP contribution < -0.4 is 10.6 Å². The van der Waals surface area contributed by atoms with E-state index in [0.717, 1.165) is 5.56 Å². The molecule has 1 aromatic carbocycles. The molecule has 7 heteroatoms. The summed E-state index contributed by atoms with van der Waals surface area (Å²) in [6, 6.07) is 7.95. The Balaban J connectivity index is 1.85. The van der Waals surface area contributed by atoms with Gasteiger partial charge in [0.15, 0.2) is 0 Å². The molecule has 2 heterocycles. The van der Waals surface area contributed by atoms with Gasteiger partial charge in [0.2, 0.25) is 11.9 Å². The van der Waals surface area contributed by atoms with Gasteiger partial charge in [-0.05, 0) is 29.7 Å². The predicted molar refractivity (Wildman–Crippen MR) is 98.9 cm³/mol. The van der Waals surface area contributed by atoms with Crippen LogP contribution in [-0.4, -0.2) is 39.9 Å². The van der Waals surface area contributed by atoms with Crippen molar-refractivity contribution < 1.29 is 9.18 Å². The number of carbonyl (C=O) groups is 1. The molecule has 0 bridgehead atoms. The first-order valence-corrected chi connectivity index (χ1v) is 8.81. The Morgan fingerprint density at radius 2 is 2.00 bits per heavy atom. The number of nitrogens with zero attached hydrogens (tertiary/aromatic N) is 4. The van der Waals surface area contributed by atoms with Crippen molar-refractivity contribution in [1.82, 2.24) is 14.9 Å². The van der Waals surface area contributed by atoms with E-state index in [-0.39, 0.29) is 23.7 Å². The van der Waals surface area contributed by atoms with Gasteiger partial charge in [-0.25, -0.2) is 9.37 Å². The molecule has 1 aliphatic rings. The summed E-state index contributed by atoms with van der Waals surface area (Å²) >= 11 is 0. The predicted octanol–water partition coefficient (Wildman–Crippen LogP) is 2.46. The molecular weight excluding hydrogens is 333 g/mol. The van der Waals surface area contributed by atoms with Crippen molar-refractivity contribution in [2.75, 3.05) is 23.7 Å². The summed E-state index contributed by atoms with van der Waals surface area (Å²) in [5, 5.41) is 0. The lowest BCUT2D eigenvalue weighted by Crippen LogP contribution is -2.46. The van der Waals surface area contributed by atoms with Crippen LogP contribution in [0.1, 0.15) is 25.8 Å². The van der Waals surface area contributed by atoms with Crippen LogP contribution in [0.25, 0.3) is 0 Å². The summed E-state index contributed by atoms with van der Waals surface area (Å²) in [5.41, 5.74) is 6.70. The topological polar surface area (TPSA) is 75.4 Å². The van der Waals surface area contributed by atoms with Crippen LogP contribution in [0.3, 0.4) is 0 Å². The summed E-state index contributed by atoms with van der Waals surface area (Å²) in [7, 11) is 0. The van der Waals surface area contributed by atoms with E-state index in [0.29, 0.717) is 37.8 Å². The highest BCUT2D eigenvalue weighted by molar-refractivity contribution is 5.78. The largest absolute Gasteiger partial charge is 0.384 e. The van der Waals surface area contributed by atoms with Gasteiger partial charge in [0.25, 0.3) is 0 Å². The second kappa shape index (κ2) is 7.68. The van der Waals surface area contributed by atoms with E-state index in [4.69, 9.17) is 5.73 Å². The molecule has 0 saturated carbocycles. The number of hydrogen-bond donors (Lipinski definition) is 1. The molecule has 26 heavy (non-hydrogen) atoms. The summed E-state index contributed by atoms with van der Waals surface area (Å²) in [4.78, 5) is 25.3. The number of halogens is 1. The lowest BCUT2D eigenvalue weighted by Gasteiger charge is -2.34. The zero-order valence-corrected chi connectivity index (χ0v) is 15.1. The summed E-state index contributed by atoms with van der Waals surface area (Å²) in [6.07, 6.45) is 2.01. The van der Waals surface area contributed by atoms with Crippen molar-refractivity contribution in [3.05, 3.63) is 47.9 Å². The molecule has 138 valence electrons. The molecule has 1 amide bonds. The highest BCUT2D eigenvalue weighted by Crippen LogP contribution is 2.23. The number of benzene rings is 1. The molecule has 1 aliphatic heterocycles. The van der Waals surface area contributed by atoms with Crippen LogP contribution >= 0.6 is 0 Å². The molecule has 0 spiro atoms. The second-order valence-electron chi connectivity index (χ2n) is 6.94. The normalized spacial score (nSPS) is 18.3. The fraction of sp³-hybridized carbons (Fsp3) is 0.421. The van der Waals surface area contributed by atoms with Crippen LogP contribution in [-0.2, 0) is 11.3 Å². The second-order valence-corrected chi connectivity index (χ2v) is 6.94. The lowest BCUT2D eigenvalue weighted by molar-refractivity contribution is -0.134. The quantitative estimate of drug-likeness (QED) is 0.910. The maximum absolute atomic E-state index is 13.2. The summed E-state index contributed by atoms with van der Waals surface area (Å²) < 4.78 is 13.2. The number of carbonyl (C=O) groups excluding carboxylic acids is 1. The minimum atomic E-state index is -0.277. The molecule has 6 nitrogen and oxygen atoms in total. The van der Waals surface area contributed by atoms with E-state index in [2.05, 4.69) is 23.8 Å². The van der Waals surface area contributed by atoms with Gasteiger partial charge in [-0.2, -0.15) is 4.98 Å². The maximum Gasteiger partial charge on any atom is 0.227 e. The van der Waals surface area contributed by atoms with Crippen molar-refractivity contribution in [3.63, 3.8) is 0 Å². The van der Waals surface area contributed by atoms with Gasteiger partial charge in [-0.15, -0.1) is 0 Å². The smallest absolute Gasteiger partial charge is 0.227 e. The zero-order valence-electron chi connectivity index (χ0n) is 15.1. The number of nitrogen functional groups attached to an aromatic ring is 1. The van der Waals surface area contributed by atoms with Gasteiger partial charge >= 0.3 is 0 Å². The van der Waals surface area contributed by atoms with Gasteiger partial charge in [0, 0.05) is 32.3 Å². The molecule has 1 atom stereocenters.